The van der Waals surface area contributed by atoms with Gasteiger partial charge in [0, 0.05) is 38.4 Å². The van der Waals surface area contributed by atoms with Gasteiger partial charge in [-0.2, -0.15) is 4.31 Å². The second-order valence-electron chi connectivity index (χ2n) is 8.31. The molecular weight excluding hydrogens is 428 g/mol. The van der Waals surface area contributed by atoms with E-state index in [9.17, 15) is 18.0 Å². The largest absolute Gasteiger partial charge is 0.350 e. The molecule has 2 aliphatic heterocycles. The Bertz CT molecular complexity index is 1100. The van der Waals surface area contributed by atoms with Crippen molar-refractivity contribution in [1.29, 1.82) is 0 Å². The predicted octanol–water partition coefficient (Wildman–Crippen LogP) is 2.10. The lowest BCUT2D eigenvalue weighted by Gasteiger charge is -2.32. The number of carbonyl (C=O) groups excluding carboxylic acids is 2. The summed E-state index contributed by atoms with van der Waals surface area (Å²) in [6.45, 7) is 3.04. The molecule has 8 nitrogen and oxygen atoms in total. The molecule has 170 valence electrons. The van der Waals surface area contributed by atoms with Crippen molar-refractivity contribution in [3.8, 4) is 0 Å². The highest BCUT2D eigenvalue weighted by molar-refractivity contribution is 7.89. The molecule has 0 radical (unpaired) electrons. The molecule has 9 heteroatoms. The van der Waals surface area contributed by atoms with Crippen molar-refractivity contribution >= 4 is 27.5 Å². The van der Waals surface area contributed by atoms with Gasteiger partial charge in [-0.1, -0.05) is 6.07 Å². The lowest BCUT2D eigenvalue weighted by molar-refractivity contribution is -0.126. The van der Waals surface area contributed by atoms with E-state index in [2.05, 4.69) is 10.3 Å². The van der Waals surface area contributed by atoms with Crippen LogP contribution in [0.2, 0.25) is 0 Å². The number of rotatable bonds is 5. The van der Waals surface area contributed by atoms with Crippen molar-refractivity contribution in [2.24, 2.45) is 5.92 Å². The zero-order valence-corrected chi connectivity index (χ0v) is 19.0. The molecule has 0 spiro atoms. The van der Waals surface area contributed by atoms with Gasteiger partial charge in [-0.3, -0.25) is 14.6 Å². The third kappa shape index (κ3) is 4.68. The molecule has 1 saturated heterocycles. The van der Waals surface area contributed by atoms with Crippen molar-refractivity contribution in [3.05, 3.63) is 53.9 Å². The van der Waals surface area contributed by atoms with E-state index in [1.54, 1.807) is 29.3 Å². The number of piperidine rings is 1. The number of carbonyl (C=O) groups is 2. The zero-order chi connectivity index (χ0) is 22.7. The van der Waals surface area contributed by atoms with Crippen LogP contribution in [0.4, 0.5) is 5.69 Å². The summed E-state index contributed by atoms with van der Waals surface area (Å²) in [6.07, 6.45) is 4.49. The first-order valence-electron chi connectivity index (χ1n) is 10.9. The van der Waals surface area contributed by atoms with Crippen LogP contribution in [0.1, 0.15) is 37.4 Å². The summed E-state index contributed by atoms with van der Waals surface area (Å²) in [7, 11) is -3.73. The average molecular weight is 457 g/mol. The molecule has 3 heterocycles. The highest BCUT2D eigenvalue weighted by Crippen LogP contribution is 2.31. The molecule has 0 bridgehead atoms. The highest BCUT2D eigenvalue weighted by Gasteiger charge is 2.34. The second-order valence-corrected chi connectivity index (χ2v) is 10.2. The third-order valence-corrected chi connectivity index (χ3v) is 7.97. The quantitative estimate of drug-likeness (QED) is 0.743. The first-order valence-corrected chi connectivity index (χ1v) is 12.4. The standard InChI is InChI=1S/C23H28N4O4S/c1-17(28)27-13-5-6-18-14-21(9-10-22(18)27)32(30,31)26-12-4-7-19(16-26)23(29)25-15-20-8-2-3-11-24-20/h2-3,8-11,14,19H,4-7,12-13,15-16H2,1H3,(H,25,29)/t19-/m1/s1. The molecule has 1 fully saturated rings. The van der Waals surface area contributed by atoms with Crippen LogP contribution >= 0.6 is 0 Å². The van der Waals surface area contributed by atoms with Gasteiger partial charge >= 0.3 is 0 Å². The molecule has 1 aromatic carbocycles. The number of nitrogens with zero attached hydrogens (tertiary/aromatic N) is 3. The molecule has 2 aromatic rings. The van der Waals surface area contributed by atoms with E-state index in [0.29, 0.717) is 32.5 Å². The van der Waals surface area contributed by atoms with Gasteiger partial charge < -0.3 is 10.2 Å². The molecule has 0 saturated carbocycles. The maximum absolute atomic E-state index is 13.3. The van der Waals surface area contributed by atoms with Crippen molar-refractivity contribution in [3.63, 3.8) is 0 Å². The molecule has 1 N–H and O–H groups in total. The van der Waals surface area contributed by atoms with Crippen molar-refractivity contribution in [1.82, 2.24) is 14.6 Å². The number of hydrogen-bond donors (Lipinski definition) is 1. The summed E-state index contributed by atoms with van der Waals surface area (Å²) < 4.78 is 28.1. The van der Waals surface area contributed by atoms with E-state index >= 15 is 0 Å². The Kier molecular flexibility index (Phi) is 6.57. The van der Waals surface area contributed by atoms with Crippen LogP contribution in [0.3, 0.4) is 0 Å². The molecule has 2 amide bonds. The van der Waals surface area contributed by atoms with Gasteiger partial charge in [0.25, 0.3) is 0 Å². The predicted molar refractivity (Wildman–Crippen MR) is 120 cm³/mol. The van der Waals surface area contributed by atoms with Crippen LogP contribution in [0.15, 0.2) is 47.5 Å². The molecule has 0 unspecified atom stereocenters. The Morgan fingerprint density at radius 2 is 2.00 bits per heavy atom. The number of benzene rings is 1. The normalized spacial score (nSPS) is 19.3. The van der Waals surface area contributed by atoms with Gasteiger partial charge in [-0.25, -0.2) is 8.42 Å². The second kappa shape index (κ2) is 9.38. The van der Waals surface area contributed by atoms with Crippen LogP contribution in [0.25, 0.3) is 0 Å². The fraction of sp³-hybridized carbons (Fsp3) is 0.435. The number of amides is 2. The van der Waals surface area contributed by atoms with E-state index in [1.807, 2.05) is 18.2 Å². The van der Waals surface area contributed by atoms with Crippen LogP contribution in [-0.4, -0.2) is 49.2 Å². The number of hydrogen-bond acceptors (Lipinski definition) is 5. The van der Waals surface area contributed by atoms with Crippen molar-refractivity contribution in [2.75, 3.05) is 24.5 Å². The van der Waals surface area contributed by atoms with Gasteiger partial charge in [0.05, 0.1) is 23.1 Å². The van der Waals surface area contributed by atoms with Crippen molar-refractivity contribution < 1.29 is 18.0 Å². The number of nitrogens with one attached hydrogen (secondary N) is 1. The number of pyridine rings is 1. The summed E-state index contributed by atoms with van der Waals surface area (Å²) >= 11 is 0. The average Bonchev–Trinajstić information content (AvgIpc) is 2.82. The van der Waals surface area contributed by atoms with E-state index in [-0.39, 0.29) is 23.3 Å². The van der Waals surface area contributed by atoms with Crippen molar-refractivity contribution in [2.45, 2.75) is 44.0 Å². The maximum Gasteiger partial charge on any atom is 0.243 e. The molecule has 2 aliphatic rings. The van der Waals surface area contributed by atoms with Crippen LogP contribution in [0.5, 0.6) is 0 Å². The number of anilines is 1. The summed E-state index contributed by atoms with van der Waals surface area (Å²) in [5.74, 6) is -0.594. The number of sulfonamides is 1. The number of aromatic nitrogens is 1. The third-order valence-electron chi connectivity index (χ3n) is 6.11. The Labute approximate surface area is 188 Å². The molecule has 1 aromatic heterocycles. The topological polar surface area (TPSA) is 99.7 Å². The molecular formula is C23H28N4O4S. The van der Waals surface area contributed by atoms with E-state index in [1.165, 1.54) is 11.2 Å². The minimum Gasteiger partial charge on any atom is -0.350 e. The van der Waals surface area contributed by atoms with Crippen LogP contribution in [-0.2, 0) is 32.6 Å². The van der Waals surface area contributed by atoms with Gasteiger partial charge in [0.15, 0.2) is 0 Å². The van der Waals surface area contributed by atoms with E-state index in [4.69, 9.17) is 0 Å². The first kappa shape index (κ1) is 22.4. The Morgan fingerprint density at radius 3 is 2.75 bits per heavy atom. The monoisotopic (exact) mass is 456 g/mol. The van der Waals surface area contributed by atoms with Gasteiger partial charge in [0.1, 0.15) is 0 Å². The van der Waals surface area contributed by atoms with Gasteiger partial charge in [-0.15, -0.1) is 0 Å². The Hall–Kier alpha value is -2.78. The fourth-order valence-electron chi connectivity index (χ4n) is 4.41. The SMILES string of the molecule is CC(=O)N1CCCc2cc(S(=O)(=O)N3CCC[C@@H](C(=O)NCc4ccccn4)C3)ccc21. The number of fused-ring (bicyclic) bond motifs is 1. The molecule has 4 rings (SSSR count). The summed E-state index contributed by atoms with van der Waals surface area (Å²) in [4.78, 5) is 30.7. The molecule has 0 aliphatic carbocycles. The summed E-state index contributed by atoms with van der Waals surface area (Å²) in [6, 6.07) is 10.5. The van der Waals surface area contributed by atoms with E-state index in [0.717, 1.165) is 29.8 Å². The Morgan fingerprint density at radius 1 is 1.16 bits per heavy atom. The number of aryl methyl sites for hydroxylation is 1. The minimum absolute atomic E-state index is 0.0443. The van der Waals surface area contributed by atoms with Gasteiger partial charge in [0.2, 0.25) is 21.8 Å². The highest BCUT2D eigenvalue weighted by atomic mass is 32.2. The summed E-state index contributed by atoms with van der Waals surface area (Å²) in [5, 5.41) is 2.88. The van der Waals surface area contributed by atoms with Gasteiger partial charge in [-0.05, 0) is 61.6 Å². The summed E-state index contributed by atoms with van der Waals surface area (Å²) in [5.41, 5.74) is 2.41. The smallest absolute Gasteiger partial charge is 0.243 e. The Balaban J connectivity index is 1.46. The van der Waals surface area contributed by atoms with E-state index < -0.39 is 15.9 Å². The zero-order valence-electron chi connectivity index (χ0n) is 18.2. The lowest BCUT2D eigenvalue weighted by atomic mass is 9.99. The maximum atomic E-state index is 13.3. The fourth-order valence-corrected chi connectivity index (χ4v) is 5.98. The minimum atomic E-state index is -3.73. The molecule has 32 heavy (non-hydrogen) atoms. The van der Waals surface area contributed by atoms with Crippen LogP contribution in [0, 0.1) is 5.92 Å². The van der Waals surface area contributed by atoms with Crippen LogP contribution < -0.4 is 10.2 Å². The molecule has 1 atom stereocenters. The lowest BCUT2D eigenvalue weighted by Crippen LogP contribution is -2.45. The first-order chi connectivity index (χ1) is 15.4.